The number of carbonyl (C=O) groups is 1. The lowest BCUT2D eigenvalue weighted by molar-refractivity contribution is -0.121. The molecule has 0 radical (unpaired) electrons. The summed E-state index contributed by atoms with van der Waals surface area (Å²) < 4.78 is 5.20. The number of rotatable bonds is 6. The van der Waals surface area contributed by atoms with Crippen LogP contribution in [-0.4, -0.2) is 27.6 Å². The molecule has 22 heavy (non-hydrogen) atoms. The van der Waals surface area contributed by atoms with Crippen LogP contribution in [0, 0.1) is 5.92 Å². The van der Waals surface area contributed by atoms with E-state index in [9.17, 15) is 4.79 Å². The number of pyridine rings is 1. The van der Waals surface area contributed by atoms with E-state index in [1.807, 2.05) is 12.1 Å². The summed E-state index contributed by atoms with van der Waals surface area (Å²) in [6.45, 7) is 0.539. The van der Waals surface area contributed by atoms with E-state index >= 15 is 0 Å². The van der Waals surface area contributed by atoms with Crippen molar-refractivity contribution >= 4 is 5.91 Å². The second-order valence-electron chi connectivity index (χ2n) is 5.71. The molecule has 0 bridgehead atoms. The molecule has 3 rings (SSSR count). The second-order valence-corrected chi connectivity index (χ2v) is 5.71. The molecule has 0 saturated heterocycles. The smallest absolute Gasteiger partial charge is 0.259 e. The van der Waals surface area contributed by atoms with Crippen LogP contribution in [0.4, 0.5) is 0 Å². The van der Waals surface area contributed by atoms with E-state index in [-0.39, 0.29) is 5.91 Å². The van der Waals surface area contributed by atoms with Crippen LogP contribution in [-0.2, 0) is 11.2 Å². The topological polar surface area (TPSA) is 80.9 Å². The number of hydrogen-bond acceptors (Lipinski definition) is 5. The maximum absolute atomic E-state index is 11.8. The lowest BCUT2D eigenvalue weighted by Crippen LogP contribution is -2.27. The molecule has 0 unspecified atom stereocenters. The zero-order chi connectivity index (χ0) is 15.2. The van der Waals surface area contributed by atoms with Gasteiger partial charge < -0.3 is 9.84 Å². The molecule has 1 aliphatic carbocycles. The van der Waals surface area contributed by atoms with Crippen LogP contribution in [0.1, 0.15) is 37.9 Å². The molecule has 0 aromatic carbocycles. The van der Waals surface area contributed by atoms with Crippen molar-refractivity contribution in [3.63, 3.8) is 0 Å². The van der Waals surface area contributed by atoms with Gasteiger partial charge in [0.1, 0.15) is 0 Å². The lowest BCUT2D eigenvalue weighted by Gasteiger charge is -2.08. The number of aromatic nitrogens is 3. The molecule has 1 aliphatic rings. The van der Waals surface area contributed by atoms with Crippen molar-refractivity contribution in [2.45, 2.75) is 38.5 Å². The van der Waals surface area contributed by atoms with Gasteiger partial charge in [-0.1, -0.05) is 18.0 Å². The Bertz CT molecular complexity index is 606. The molecule has 1 amide bonds. The van der Waals surface area contributed by atoms with Crippen molar-refractivity contribution in [3.8, 4) is 11.5 Å². The first-order chi connectivity index (χ1) is 10.8. The van der Waals surface area contributed by atoms with Gasteiger partial charge in [-0.3, -0.25) is 9.78 Å². The quantitative estimate of drug-likeness (QED) is 0.885. The first kappa shape index (κ1) is 14.7. The number of carbonyl (C=O) groups excluding carboxylic acids is 1. The van der Waals surface area contributed by atoms with Gasteiger partial charge in [-0.05, 0) is 30.9 Å². The van der Waals surface area contributed by atoms with Crippen LogP contribution in [0.15, 0.2) is 29.0 Å². The highest BCUT2D eigenvalue weighted by molar-refractivity contribution is 5.76. The summed E-state index contributed by atoms with van der Waals surface area (Å²) in [5.74, 6) is 1.76. The predicted octanol–water partition coefficient (Wildman–Crippen LogP) is 2.37. The Morgan fingerprint density at radius 2 is 2.23 bits per heavy atom. The van der Waals surface area contributed by atoms with Gasteiger partial charge in [0.05, 0.1) is 5.56 Å². The van der Waals surface area contributed by atoms with Gasteiger partial charge in [-0.2, -0.15) is 4.98 Å². The Morgan fingerprint density at radius 1 is 1.36 bits per heavy atom. The third kappa shape index (κ3) is 3.90. The van der Waals surface area contributed by atoms with E-state index in [1.165, 1.54) is 25.7 Å². The van der Waals surface area contributed by atoms with Gasteiger partial charge >= 0.3 is 0 Å². The number of nitrogens with one attached hydrogen (secondary N) is 1. The van der Waals surface area contributed by atoms with Crippen LogP contribution in [0.5, 0.6) is 0 Å². The summed E-state index contributed by atoms with van der Waals surface area (Å²) in [7, 11) is 0. The van der Waals surface area contributed by atoms with Gasteiger partial charge in [0.2, 0.25) is 5.91 Å². The van der Waals surface area contributed by atoms with Gasteiger partial charge in [-0.25, -0.2) is 0 Å². The molecule has 1 fully saturated rings. The molecular formula is C16H20N4O2. The average Bonchev–Trinajstić information content (AvgIpc) is 3.20. The van der Waals surface area contributed by atoms with Gasteiger partial charge in [-0.15, -0.1) is 0 Å². The van der Waals surface area contributed by atoms with Crippen LogP contribution in [0.2, 0.25) is 0 Å². The Hall–Kier alpha value is -2.24. The molecule has 2 heterocycles. The molecule has 2 aromatic heterocycles. The maximum Gasteiger partial charge on any atom is 0.259 e. The fraction of sp³-hybridized carbons (Fsp3) is 0.500. The Labute approximate surface area is 129 Å². The minimum atomic E-state index is 0.128. The zero-order valence-corrected chi connectivity index (χ0v) is 12.5. The summed E-state index contributed by atoms with van der Waals surface area (Å²) in [6, 6.07) is 3.69. The number of nitrogens with zero attached hydrogens (tertiary/aromatic N) is 3. The molecule has 2 aromatic rings. The van der Waals surface area contributed by atoms with Crippen molar-refractivity contribution < 1.29 is 9.32 Å². The van der Waals surface area contributed by atoms with E-state index in [2.05, 4.69) is 20.4 Å². The summed E-state index contributed by atoms with van der Waals surface area (Å²) in [6.07, 6.45) is 9.49. The monoisotopic (exact) mass is 300 g/mol. The van der Waals surface area contributed by atoms with Gasteiger partial charge in [0.15, 0.2) is 5.82 Å². The molecule has 0 aliphatic heterocycles. The van der Waals surface area contributed by atoms with Crippen molar-refractivity contribution in [2.75, 3.05) is 6.54 Å². The maximum atomic E-state index is 11.8. The molecule has 0 atom stereocenters. The van der Waals surface area contributed by atoms with Crippen LogP contribution < -0.4 is 5.32 Å². The van der Waals surface area contributed by atoms with E-state index in [1.54, 1.807) is 12.4 Å². The van der Waals surface area contributed by atoms with Gasteiger partial charge in [0.25, 0.3) is 5.89 Å². The minimum Gasteiger partial charge on any atom is -0.356 e. The summed E-state index contributed by atoms with van der Waals surface area (Å²) in [4.78, 5) is 20.2. The normalized spacial score (nSPS) is 15.1. The number of hydrogen-bond donors (Lipinski definition) is 1. The van der Waals surface area contributed by atoms with Crippen LogP contribution in [0.3, 0.4) is 0 Å². The zero-order valence-electron chi connectivity index (χ0n) is 12.5. The van der Waals surface area contributed by atoms with E-state index < -0.39 is 0 Å². The molecule has 1 N–H and O–H groups in total. The fourth-order valence-corrected chi connectivity index (χ4v) is 2.82. The summed E-state index contributed by atoms with van der Waals surface area (Å²) in [5.41, 5.74) is 0.798. The highest BCUT2D eigenvalue weighted by atomic mass is 16.5. The second kappa shape index (κ2) is 7.15. The van der Waals surface area contributed by atoms with Crippen molar-refractivity contribution in [3.05, 3.63) is 30.4 Å². The van der Waals surface area contributed by atoms with Crippen LogP contribution in [0.25, 0.3) is 11.5 Å². The minimum absolute atomic E-state index is 0.128. The standard InChI is InChI=1S/C16H20N4O2/c21-15(10-12-4-1-2-5-12)18-9-7-14-19-16(22-20-14)13-6-3-8-17-11-13/h3,6,8,11-12H,1-2,4-5,7,9-10H2,(H,18,21). The average molecular weight is 300 g/mol. The van der Waals surface area contributed by atoms with E-state index in [0.717, 1.165) is 5.56 Å². The largest absolute Gasteiger partial charge is 0.356 e. The highest BCUT2D eigenvalue weighted by Crippen LogP contribution is 2.27. The Morgan fingerprint density at radius 3 is 3.00 bits per heavy atom. The summed E-state index contributed by atoms with van der Waals surface area (Å²) >= 11 is 0. The summed E-state index contributed by atoms with van der Waals surface area (Å²) in [5, 5.41) is 6.86. The molecule has 6 heteroatoms. The predicted molar refractivity (Wildman–Crippen MR) is 80.8 cm³/mol. The molecule has 1 saturated carbocycles. The third-order valence-corrected chi connectivity index (χ3v) is 4.00. The van der Waals surface area contributed by atoms with E-state index in [0.29, 0.717) is 37.0 Å². The Balaban J connectivity index is 1.44. The first-order valence-electron chi connectivity index (χ1n) is 7.81. The van der Waals surface area contributed by atoms with E-state index in [4.69, 9.17) is 4.52 Å². The SMILES string of the molecule is O=C(CC1CCCC1)NCCc1noc(-c2cccnc2)n1. The van der Waals surface area contributed by atoms with Crippen molar-refractivity contribution in [1.82, 2.24) is 20.4 Å². The van der Waals surface area contributed by atoms with Gasteiger partial charge in [0, 0.05) is 31.8 Å². The highest BCUT2D eigenvalue weighted by Gasteiger charge is 2.18. The molecular weight excluding hydrogens is 280 g/mol. The van der Waals surface area contributed by atoms with Crippen molar-refractivity contribution in [1.29, 1.82) is 0 Å². The third-order valence-electron chi connectivity index (χ3n) is 4.00. The van der Waals surface area contributed by atoms with Crippen LogP contribution >= 0.6 is 0 Å². The first-order valence-corrected chi connectivity index (χ1v) is 7.81. The molecule has 0 spiro atoms. The lowest BCUT2D eigenvalue weighted by atomic mass is 10.0. The van der Waals surface area contributed by atoms with Crippen molar-refractivity contribution in [2.24, 2.45) is 5.92 Å². The molecule has 6 nitrogen and oxygen atoms in total. The number of amides is 1. The molecule has 116 valence electrons. The fourth-order valence-electron chi connectivity index (χ4n) is 2.82. The Kier molecular flexibility index (Phi) is 4.78.